The number of hydrogen-bond acceptors (Lipinski definition) is 5. The Balaban J connectivity index is 2.04. The second kappa shape index (κ2) is 9.74. The molecule has 0 heterocycles. The van der Waals surface area contributed by atoms with Gasteiger partial charge in [-0.3, -0.25) is 9.10 Å². The topological polar surface area (TPSA) is 84.9 Å². The minimum absolute atomic E-state index is 0.0738. The number of aryl methyl sites for hydroxylation is 2. The van der Waals surface area contributed by atoms with E-state index in [1.165, 1.54) is 26.4 Å². The third kappa shape index (κ3) is 5.03. The quantitative estimate of drug-likeness (QED) is 0.553. The van der Waals surface area contributed by atoms with Crippen molar-refractivity contribution >= 4 is 27.3 Å². The highest BCUT2D eigenvalue weighted by molar-refractivity contribution is 7.92. The Morgan fingerprint density at radius 1 is 0.938 bits per heavy atom. The van der Waals surface area contributed by atoms with E-state index in [1.807, 2.05) is 26.0 Å². The smallest absolute Gasteiger partial charge is 0.264 e. The van der Waals surface area contributed by atoms with Crippen molar-refractivity contribution in [1.29, 1.82) is 0 Å². The number of amides is 1. The number of nitrogens with one attached hydrogen (secondary N) is 1. The second-order valence-corrected chi connectivity index (χ2v) is 9.09. The average molecular weight is 455 g/mol. The van der Waals surface area contributed by atoms with Crippen LogP contribution in [0.5, 0.6) is 11.5 Å². The van der Waals surface area contributed by atoms with Gasteiger partial charge in [-0.05, 0) is 49.7 Å². The molecule has 0 unspecified atom stereocenters. The van der Waals surface area contributed by atoms with Crippen LogP contribution in [0.15, 0.2) is 71.6 Å². The number of para-hydroxylation sites is 1. The van der Waals surface area contributed by atoms with E-state index in [-0.39, 0.29) is 16.3 Å². The standard InChI is InChI=1S/C24H26N2O5S/c1-17-9-12-20(13-10-17)32(28,29)26(22-14-11-19(30-3)15-23(22)31-4)16-24(27)25-21-8-6-5-7-18(21)2/h5-15H,16H2,1-4H3,(H,25,27). The summed E-state index contributed by atoms with van der Waals surface area (Å²) < 4.78 is 38.8. The first-order valence-electron chi connectivity index (χ1n) is 9.93. The van der Waals surface area contributed by atoms with Crippen LogP contribution in [0.4, 0.5) is 11.4 Å². The van der Waals surface area contributed by atoms with Gasteiger partial charge in [-0.15, -0.1) is 0 Å². The van der Waals surface area contributed by atoms with Gasteiger partial charge in [0.05, 0.1) is 24.8 Å². The number of hydrogen-bond donors (Lipinski definition) is 1. The van der Waals surface area contributed by atoms with Crippen molar-refractivity contribution in [3.8, 4) is 11.5 Å². The van der Waals surface area contributed by atoms with Crippen molar-refractivity contribution < 1.29 is 22.7 Å². The van der Waals surface area contributed by atoms with E-state index in [4.69, 9.17) is 9.47 Å². The van der Waals surface area contributed by atoms with E-state index in [1.54, 1.807) is 42.5 Å². The van der Waals surface area contributed by atoms with E-state index in [2.05, 4.69) is 5.32 Å². The molecule has 7 nitrogen and oxygen atoms in total. The molecule has 0 aromatic heterocycles. The monoisotopic (exact) mass is 454 g/mol. The van der Waals surface area contributed by atoms with Crippen molar-refractivity contribution in [3.63, 3.8) is 0 Å². The van der Waals surface area contributed by atoms with Gasteiger partial charge in [-0.1, -0.05) is 35.9 Å². The van der Waals surface area contributed by atoms with Crippen molar-refractivity contribution in [2.24, 2.45) is 0 Å². The second-order valence-electron chi connectivity index (χ2n) is 7.23. The number of ether oxygens (including phenoxy) is 2. The van der Waals surface area contributed by atoms with Gasteiger partial charge in [0.2, 0.25) is 5.91 Å². The number of carbonyl (C=O) groups excluding carboxylic acids is 1. The summed E-state index contributed by atoms with van der Waals surface area (Å²) in [5, 5.41) is 2.79. The Morgan fingerprint density at radius 2 is 1.62 bits per heavy atom. The fraction of sp³-hybridized carbons (Fsp3) is 0.208. The lowest BCUT2D eigenvalue weighted by atomic mass is 10.2. The zero-order valence-corrected chi connectivity index (χ0v) is 19.3. The van der Waals surface area contributed by atoms with Crippen molar-refractivity contribution in [2.75, 3.05) is 30.4 Å². The molecular weight excluding hydrogens is 428 g/mol. The molecule has 1 amide bonds. The van der Waals surface area contributed by atoms with Gasteiger partial charge < -0.3 is 14.8 Å². The number of anilines is 2. The minimum atomic E-state index is -4.07. The molecule has 8 heteroatoms. The third-order valence-corrected chi connectivity index (χ3v) is 6.74. The van der Waals surface area contributed by atoms with Gasteiger partial charge in [0.1, 0.15) is 18.0 Å². The maximum atomic E-state index is 13.6. The number of methoxy groups -OCH3 is 2. The number of carbonyl (C=O) groups is 1. The van der Waals surface area contributed by atoms with Crippen LogP contribution in [-0.2, 0) is 14.8 Å². The number of benzene rings is 3. The van der Waals surface area contributed by atoms with Gasteiger partial charge in [0, 0.05) is 11.8 Å². The van der Waals surface area contributed by atoms with Crippen LogP contribution in [-0.4, -0.2) is 35.1 Å². The fourth-order valence-corrected chi connectivity index (χ4v) is 4.59. The molecule has 1 N–H and O–H groups in total. The summed E-state index contributed by atoms with van der Waals surface area (Å²) in [5.41, 5.74) is 2.64. The molecule has 0 saturated heterocycles. The van der Waals surface area contributed by atoms with Gasteiger partial charge in [-0.25, -0.2) is 8.42 Å². The highest BCUT2D eigenvalue weighted by Gasteiger charge is 2.30. The predicted octanol–water partition coefficient (Wildman–Crippen LogP) is 4.15. The molecule has 32 heavy (non-hydrogen) atoms. The summed E-state index contributed by atoms with van der Waals surface area (Å²) in [6, 6.07) is 18.5. The zero-order valence-electron chi connectivity index (χ0n) is 18.5. The molecule has 0 saturated carbocycles. The molecule has 0 radical (unpaired) electrons. The normalized spacial score (nSPS) is 11.0. The molecule has 168 valence electrons. The molecular formula is C24H26N2O5S. The maximum absolute atomic E-state index is 13.6. The van der Waals surface area contributed by atoms with Crippen LogP contribution in [0, 0.1) is 13.8 Å². The Kier molecular flexibility index (Phi) is 7.05. The molecule has 3 rings (SSSR count). The van der Waals surface area contributed by atoms with E-state index >= 15 is 0 Å². The third-order valence-electron chi connectivity index (χ3n) is 4.97. The lowest BCUT2D eigenvalue weighted by Crippen LogP contribution is -2.38. The first-order valence-corrected chi connectivity index (χ1v) is 11.4. The van der Waals surface area contributed by atoms with Crippen LogP contribution in [0.3, 0.4) is 0 Å². The highest BCUT2D eigenvalue weighted by Crippen LogP contribution is 2.35. The van der Waals surface area contributed by atoms with Gasteiger partial charge in [0.15, 0.2) is 0 Å². The van der Waals surface area contributed by atoms with Crippen LogP contribution >= 0.6 is 0 Å². The summed E-state index contributed by atoms with van der Waals surface area (Å²) in [7, 11) is -1.13. The van der Waals surface area contributed by atoms with Gasteiger partial charge in [-0.2, -0.15) is 0 Å². The molecule has 3 aromatic rings. The summed E-state index contributed by atoms with van der Waals surface area (Å²) in [5.74, 6) is 0.291. The molecule has 0 spiro atoms. The van der Waals surface area contributed by atoms with Crippen LogP contribution < -0.4 is 19.1 Å². The van der Waals surface area contributed by atoms with E-state index in [0.717, 1.165) is 15.4 Å². The predicted molar refractivity (Wildman–Crippen MR) is 125 cm³/mol. The Hall–Kier alpha value is -3.52. The van der Waals surface area contributed by atoms with Crippen LogP contribution in [0.25, 0.3) is 0 Å². The Labute approximate surface area is 188 Å². The molecule has 0 fully saturated rings. The van der Waals surface area contributed by atoms with Crippen molar-refractivity contribution in [2.45, 2.75) is 18.7 Å². The molecule has 0 aliphatic carbocycles. The highest BCUT2D eigenvalue weighted by atomic mass is 32.2. The summed E-state index contributed by atoms with van der Waals surface area (Å²) in [6.07, 6.45) is 0. The fourth-order valence-electron chi connectivity index (χ4n) is 3.16. The first kappa shape index (κ1) is 23.1. The zero-order chi connectivity index (χ0) is 23.3. The number of rotatable bonds is 8. The Morgan fingerprint density at radius 3 is 2.25 bits per heavy atom. The van der Waals surface area contributed by atoms with Gasteiger partial charge >= 0.3 is 0 Å². The molecule has 3 aromatic carbocycles. The van der Waals surface area contributed by atoms with Crippen molar-refractivity contribution in [1.82, 2.24) is 0 Å². The molecule has 0 bridgehead atoms. The Bertz CT molecular complexity index is 1210. The lowest BCUT2D eigenvalue weighted by Gasteiger charge is -2.26. The summed E-state index contributed by atoms with van der Waals surface area (Å²) >= 11 is 0. The van der Waals surface area contributed by atoms with E-state index < -0.39 is 22.5 Å². The van der Waals surface area contributed by atoms with Crippen LogP contribution in [0.1, 0.15) is 11.1 Å². The first-order chi connectivity index (χ1) is 15.3. The summed E-state index contributed by atoms with van der Waals surface area (Å²) in [6.45, 7) is 3.30. The maximum Gasteiger partial charge on any atom is 0.264 e. The number of sulfonamides is 1. The minimum Gasteiger partial charge on any atom is -0.497 e. The van der Waals surface area contributed by atoms with E-state index in [0.29, 0.717) is 11.4 Å². The molecule has 0 aliphatic rings. The average Bonchev–Trinajstić information content (AvgIpc) is 2.79. The van der Waals surface area contributed by atoms with E-state index in [9.17, 15) is 13.2 Å². The SMILES string of the molecule is COc1ccc(N(CC(=O)Nc2ccccc2C)S(=O)(=O)c2ccc(C)cc2)c(OC)c1. The largest absolute Gasteiger partial charge is 0.497 e. The van der Waals surface area contributed by atoms with Gasteiger partial charge in [0.25, 0.3) is 10.0 Å². The summed E-state index contributed by atoms with van der Waals surface area (Å²) in [4.78, 5) is 13.0. The lowest BCUT2D eigenvalue weighted by molar-refractivity contribution is -0.114. The van der Waals surface area contributed by atoms with Crippen molar-refractivity contribution in [3.05, 3.63) is 77.9 Å². The molecule has 0 aliphatic heterocycles. The molecule has 0 atom stereocenters. The number of nitrogens with zero attached hydrogens (tertiary/aromatic N) is 1. The van der Waals surface area contributed by atoms with Crippen LogP contribution in [0.2, 0.25) is 0 Å².